The van der Waals surface area contributed by atoms with E-state index >= 15 is 0 Å². The largest absolute Gasteiger partial charge is 0.478 e. The zero-order valence-corrected chi connectivity index (χ0v) is 8.25. The van der Waals surface area contributed by atoms with Crippen molar-refractivity contribution in [2.24, 2.45) is 5.73 Å². The van der Waals surface area contributed by atoms with Crippen molar-refractivity contribution in [3.05, 3.63) is 12.2 Å². The van der Waals surface area contributed by atoms with Crippen molar-refractivity contribution < 1.29 is 9.90 Å². The summed E-state index contributed by atoms with van der Waals surface area (Å²) < 4.78 is 0. The van der Waals surface area contributed by atoms with Crippen LogP contribution >= 0.6 is 0 Å². The van der Waals surface area contributed by atoms with Crippen molar-refractivity contribution in [1.82, 2.24) is 0 Å². The first-order chi connectivity index (χ1) is 6.04. The fourth-order valence-electron chi connectivity index (χ4n) is 1.13. The van der Waals surface area contributed by atoms with Gasteiger partial charge in [0.1, 0.15) is 0 Å². The molecular weight excluding hydrogens is 166 g/mol. The highest BCUT2D eigenvalue weighted by molar-refractivity contribution is 5.84. The fraction of sp³-hybridized carbons (Fsp3) is 0.700. The second-order valence-electron chi connectivity index (χ2n) is 3.48. The number of hydrogen-bond donors (Lipinski definition) is 2. The maximum atomic E-state index is 9.60. The minimum Gasteiger partial charge on any atom is -0.478 e. The Morgan fingerprint density at radius 3 is 1.92 bits per heavy atom. The van der Waals surface area contributed by atoms with Gasteiger partial charge in [0.25, 0.3) is 0 Å². The molecule has 76 valence electrons. The first kappa shape index (κ1) is 12.2. The molecule has 1 aliphatic rings. The molecule has 3 N–H and O–H groups in total. The van der Waals surface area contributed by atoms with Crippen LogP contribution < -0.4 is 5.73 Å². The molecule has 0 spiro atoms. The predicted octanol–water partition coefficient (Wildman–Crippen LogP) is 1.92. The van der Waals surface area contributed by atoms with Crippen LogP contribution in [0.1, 0.15) is 39.0 Å². The van der Waals surface area contributed by atoms with Gasteiger partial charge < -0.3 is 10.8 Å². The molecule has 0 radical (unpaired) electrons. The maximum Gasteiger partial charge on any atom is 0.330 e. The lowest BCUT2D eigenvalue weighted by molar-refractivity contribution is -0.132. The summed E-state index contributed by atoms with van der Waals surface area (Å²) in [4.78, 5) is 9.60. The van der Waals surface area contributed by atoms with E-state index < -0.39 is 5.97 Å². The number of carboxylic acids is 1. The summed E-state index contributed by atoms with van der Waals surface area (Å²) in [7, 11) is 0. The Morgan fingerprint density at radius 2 is 1.77 bits per heavy atom. The van der Waals surface area contributed by atoms with Gasteiger partial charge in [-0.25, -0.2) is 4.79 Å². The van der Waals surface area contributed by atoms with E-state index in [9.17, 15) is 4.79 Å². The van der Waals surface area contributed by atoms with Crippen LogP contribution in [0.15, 0.2) is 12.2 Å². The van der Waals surface area contributed by atoms with Gasteiger partial charge in [0.2, 0.25) is 0 Å². The van der Waals surface area contributed by atoms with E-state index in [0.717, 1.165) is 0 Å². The number of aliphatic carboxylic acids is 1. The van der Waals surface area contributed by atoms with Gasteiger partial charge in [0.15, 0.2) is 0 Å². The Hall–Kier alpha value is -0.830. The van der Waals surface area contributed by atoms with Crippen LogP contribution in [0.25, 0.3) is 0 Å². The molecule has 3 heteroatoms. The predicted molar refractivity (Wildman–Crippen MR) is 53.5 cm³/mol. The number of rotatable bonds is 1. The molecule has 0 aromatic carbocycles. The van der Waals surface area contributed by atoms with E-state index in [4.69, 9.17) is 10.8 Å². The quantitative estimate of drug-likeness (QED) is 0.613. The van der Waals surface area contributed by atoms with Crippen molar-refractivity contribution in [1.29, 1.82) is 0 Å². The summed E-state index contributed by atoms with van der Waals surface area (Å²) >= 11 is 0. The lowest BCUT2D eigenvalue weighted by Crippen LogP contribution is -2.22. The fourth-order valence-corrected chi connectivity index (χ4v) is 1.13. The second-order valence-corrected chi connectivity index (χ2v) is 3.48. The van der Waals surface area contributed by atoms with Gasteiger partial charge in [0.05, 0.1) is 0 Å². The summed E-state index contributed by atoms with van der Waals surface area (Å²) in [5.41, 5.74) is 5.81. The highest BCUT2D eigenvalue weighted by Gasteiger charge is 2.06. The number of carbonyl (C=O) groups is 1. The van der Waals surface area contributed by atoms with E-state index in [1.54, 1.807) is 0 Å². The van der Waals surface area contributed by atoms with Crippen molar-refractivity contribution in [2.45, 2.75) is 45.1 Å². The smallest absolute Gasteiger partial charge is 0.330 e. The molecule has 3 nitrogen and oxygen atoms in total. The van der Waals surface area contributed by atoms with Gasteiger partial charge in [-0.2, -0.15) is 0 Å². The second kappa shape index (κ2) is 6.66. The SMILES string of the molecule is C=C(C)C(=O)O.NC1CCCCC1. The van der Waals surface area contributed by atoms with E-state index in [1.807, 2.05) is 0 Å². The molecule has 0 aromatic rings. The Balaban J connectivity index is 0.000000226. The highest BCUT2D eigenvalue weighted by Crippen LogP contribution is 2.14. The molecule has 13 heavy (non-hydrogen) atoms. The standard InChI is InChI=1S/C6H13N.C4H6O2/c7-6-4-2-1-3-5-6;1-3(2)4(5)6/h6H,1-5,7H2;1H2,2H3,(H,5,6). The van der Waals surface area contributed by atoms with Crippen LogP contribution in [0.5, 0.6) is 0 Å². The molecule has 1 aliphatic carbocycles. The average Bonchev–Trinajstić information content (AvgIpc) is 2.06. The molecular formula is C10H19NO2. The Labute approximate surface area is 79.6 Å². The van der Waals surface area contributed by atoms with Crippen LogP contribution in [0.2, 0.25) is 0 Å². The third-order valence-corrected chi connectivity index (χ3v) is 2.01. The minimum atomic E-state index is -0.935. The topological polar surface area (TPSA) is 63.3 Å². The average molecular weight is 185 g/mol. The molecule has 0 atom stereocenters. The summed E-state index contributed by atoms with van der Waals surface area (Å²) in [5, 5.41) is 7.89. The van der Waals surface area contributed by atoms with Gasteiger partial charge in [0, 0.05) is 11.6 Å². The zero-order chi connectivity index (χ0) is 10.3. The van der Waals surface area contributed by atoms with Gasteiger partial charge in [-0.15, -0.1) is 0 Å². The number of carboxylic acid groups (broad SMARTS) is 1. The molecule has 0 aliphatic heterocycles. The van der Waals surface area contributed by atoms with Crippen LogP contribution in [-0.4, -0.2) is 17.1 Å². The molecule has 0 unspecified atom stereocenters. The third kappa shape index (κ3) is 7.53. The van der Waals surface area contributed by atoms with E-state index in [-0.39, 0.29) is 5.57 Å². The summed E-state index contributed by atoms with van der Waals surface area (Å²) in [6.07, 6.45) is 6.66. The van der Waals surface area contributed by atoms with Gasteiger partial charge >= 0.3 is 5.97 Å². The molecule has 0 saturated heterocycles. The van der Waals surface area contributed by atoms with Crippen molar-refractivity contribution in [3.8, 4) is 0 Å². The Morgan fingerprint density at radius 1 is 1.38 bits per heavy atom. The van der Waals surface area contributed by atoms with E-state index in [0.29, 0.717) is 6.04 Å². The molecule has 1 saturated carbocycles. The zero-order valence-electron chi connectivity index (χ0n) is 8.25. The maximum absolute atomic E-state index is 9.60. The van der Waals surface area contributed by atoms with Crippen LogP contribution in [0.4, 0.5) is 0 Å². The van der Waals surface area contributed by atoms with Crippen molar-refractivity contribution in [2.75, 3.05) is 0 Å². The van der Waals surface area contributed by atoms with E-state index in [1.165, 1.54) is 39.0 Å². The number of nitrogens with two attached hydrogens (primary N) is 1. The lowest BCUT2D eigenvalue weighted by atomic mass is 9.97. The van der Waals surface area contributed by atoms with E-state index in [2.05, 4.69) is 6.58 Å². The lowest BCUT2D eigenvalue weighted by Gasteiger charge is -2.15. The van der Waals surface area contributed by atoms with Crippen LogP contribution in [0.3, 0.4) is 0 Å². The summed E-state index contributed by atoms with van der Waals surface area (Å²) in [5.74, 6) is -0.935. The molecule has 0 bridgehead atoms. The molecule has 1 fully saturated rings. The molecule has 1 rings (SSSR count). The van der Waals surface area contributed by atoms with Gasteiger partial charge in [-0.05, 0) is 19.8 Å². The molecule has 0 amide bonds. The van der Waals surface area contributed by atoms with Gasteiger partial charge in [-0.3, -0.25) is 0 Å². The monoisotopic (exact) mass is 185 g/mol. The summed E-state index contributed by atoms with van der Waals surface area (Å²) in [6.45, 7) is 4.60. The minimum absolute atomic E-state index is 0.176. The normalized spacial score (nSPS) is 17.1. The Kier molecular flexibility index (Phi) is 6.24. The highest BCUT2D eigenvalue weighted by atomic mass is 16.4. The van der Waals surface area contributed by atoms with Crippen LogP contribution in [-0.2, 0) is 4.79 Å². The van der Waals surface area contributed by atoms with Crippen molar-refractivity contribution in [3.63, 3.8) is 0 Å². The molecule has 0 aromatic heterocycles. The van der Waals surface area contributed by atoms with Crippen molar-refractivity contribution >= 4 is 5.97 Å². The first-order valence-corrected chi connectivity index (χ1v) is 4.68. The first-order valence-electron chi connectivity index (χ1n) is 4.68. The third-order valence-electron chi connectivity index (χ3n) is 2.01. The molecule has 0 heterocycles. The van der Waals surface area contributed by atoms with Crippen LogP contribution in [0, 0.1) is 0 Å². The number of hydrogen-bond acceptors (Lipinski definition) is 2. The van der Waals surface area contributed by atoms with Gasteiger partial charge in [-0.1, -0.05) is 25.8 Å². The Bertz CT molecular complexity index is 160. The summed E-state index contributed by atoms with van der Waals surface area (Å²) in [6, 6.07) is 0.536.